The van der Waals surface area contributed by atoms with E-state index in [1.807, 2.05) is 0 Å². The van der Waals surface area contributed by atoms with Crippen molar-refractivity contribution in [2.24, 2.45) is 0 Å². The summed E-state index contributed by atoms with van der Waals surface area (Å²) in [6, 6.07) is 11.2. The van der Waals surface area contributed by atoms with Gasteiger partial charge in [-0.2, -0.15) is 0 Å². The second kappa shape index (κ2) is 9.56. The minimum absolute atomic E-state index is 0.0724. The summed E-state index contributed by atoms with van der Waals surface area (Å²) in [5.41, 5.74) is 1.37. The first-order chi connectivity index (χ1) is 14.1. The number of ether oxygens (including phenoxy) is 1. The van der Waals surface area contributed by atoms with Crippen LogP contribution in [0, 0.1) is 0 Å². The number of morpholine rings is 1. The Morgan fingerprint density at radius 1 is 1.07 bits per heavy atom. The van der Waals surface area contributed by atoms with Gasteiger partial charge in [0, 0.05) is 25.7 Å². The highest BCUT2D eigenvalue weighted by atomic mass is 16.5. The van der Waals surface area contributed by atoms with Gasteiger partial charge in [0.1, 0.15) is 6.29 Å². The zero-order valence-corrected chi connectivity index (χ0v) is 17.8. The largest absolute Gasteiger partial charge is 0.373 e. The number of carbonyl (C=O) groups is 1. The van der Waals surface area contributed by atoms with Crippen LogP contribution in [-0.2, 0) is 16.0 Å². The molecular formula is C23H36N4O2. The second-order valence-corrected chi connectivity index (χ2v) is 9.00. The van der Waals surface area contributed by atoms with Crippen molar-refractivity contribution in [2.75, 3.05) is 19.6 Å². The molecule has 5 atom stereocenters. The highest BCUT2D eigenvalue weighted by Crippen LogP contribution is 2.24. The van der Waals surface area contributed by atoms with Gasteiger partial charge in [0.15, 0.2) is 0 Å². The summed E-state index contributed by atoms with van der Waals surface area (Å²) in [7, 11) is 0. The normalized spacial score (nSPS) is 35.1. The Hall–Kier alpha value is -1.47. The summed E-state index contributed by atoms with van der Waals surface area (Å²) in [6.07, 6.45) is 6.82. The third kappa shape index (κ3) is 5.37. The summed E-state index contributed by atoms with van der Waals surface area (Å²) in [4.78, 5) is 17.6. The van der Waals surface area contributed by atoms with Crippen LogP contribution >= 0.6 is 0 Å². The van der Waals surface area contributed by atoms with Crippen molar-refractivity contribution in [3.05, 3.63) is 35.9 Å². The van der Waals surface area contributed by atoms with E-state index in [1.54, 1.807) is 0 Å². The van der Waals surface area contributed by atoms with Gasteiger partial charge in [0.05, 0.1) is 24.8 Å². The number of carbonyl (C=O) groups excluding carboxylic acids is 1. The predicted octanol–water partition coefficient (Wildman–Crippen LogP) is 2.30. The molecule has 4 rings (SSSR count). The summed E-state index contributed by atoms with van der Waals surface area (Å²) in [5, 5.41) is 7.01. The molecule has 3 saturated heterocycles. The van der Waals surface area contributed by atoms with Gasteiger partial charge in [-0.15, -0.1) is 0 Å². The van der Waals surface area contributed by atoms with Crippen molar-refractivity contribution in [3.8, 4) is 0 Å². The number of hydrogen-bond donors (Lipinski definition) is 2. The fourth-order valence-corrected chi connectivity index (χ4v) is 5.20. The zero-order chi connectivity index (χ0) is 20.2. The smallest absolute Gasteiger partial charge is 0.225 e. The molecule has 6 nitrogen and oxygen atoms in total. The van der Waals surface area contributed by atoms with Crippen molar-refractivity contribution >= 4 is 5.91 Å². The van der Waals surface area contributed by atoms with Gasteiger partial charge in [0.25, 0.3) is 0 Å². The minimum atomic E-state index is -0.0958. The molecule has 2 N–H and O–H groups in total. The van der Waals surface area contributed by atoms with E-state index in [0.717, 1.165) is 26.1 Å². The molecule has 0 radical (unpaired) electrons. The molecule has 3 aliphatic heterocycles. The van der Waals surface area contributed by atoms with E-state index in [2.05, 4.69) is 64.6 Å². The van der Waals surface area contributed by atoms with E-state index >= 15 is 0 Å². The Morgan fingerprint density at radius 2 is 1.83 bits per heavy atom. The summed E-state index contributed by atoms with van der Waals surface area (Å²) in [5.74, 6) is 0.147. The van der Waals surface area contributed by atoms with Crippen LogP contribution in [0.25, 0.3) is 0 Å². The maximum absolute atomic E-state index is 12.6. The van der Waals surface area contributed by atoms with Gasteiger partial charge in [-0.25, -0.2) is 0 Å². The van der Waals surface area contributed by atoms with Gasteiger partial charge in [-0.3, -0.25) is 19.9 Å². The average molecular weight is 401 g/mol. The van der Waals surface area contributed by atoms with Crippen LogP contribution in [0.3, 0.4) is 0 Å². The third-order valence-electron chi connectivity index (χ3n) is 6.48. The van der Waals surface area contributed by atoms with Crippen LogP contribution in [0.2, 0.25) is 0 Å². The Kier molecular flexibility index (Phi) is 6.85. The van der Waals surface area contributed by atoms with E-state index in [4.69, 9.17) is 4.74 Å². The Labute approximate surface area is 175 Å². The van der Waals surface area contributed by atoms with Crippen LogP contribution in [0.5, 0.6) is 0 Å². The summed E-state index contributed by atoms with van der Waals surface area (Å²) >= 11 is 0. The van der Waals surface area contributed by atoms with Crippen molar-refractivity contribution in [1.29, 1.82) is 0 Å². The SMILES string of the molecule is C[C@@H]1CN(C2CC(=O)NC(N3CCCCC[C@@H]3Cc3ccccc3)N2)C[C@@H](C)O1. The van der Waals surface area contributed by atoms with Crippen molar-refractivity contribution < 1.29 is 9.53 Å². The number of likely N-dealkylation sites (tertiary alicyclic amines) is 1. The van der Waals surface area contributed by atoms with Crippen molar-refractivity contribution in [2.45, 2.75) is 83.1 Å². The minimum Gasteiger partial charge on any atom is -0.373 e. The molecule has 3 aliphatic rings. The van der Waals surface area contributed by atoms with Crippen molar-refractivity contribution in [1.82, 2.24) is 20.4 Å². The number of benzene rings is 1. The maximum atomic E-state index is 12.6. The molecule has 0 aliphatic carbocycles. The molecule has 2 unspecified atom stereocenters. The quantitative estimate of drug-likeness (QED) is 0.812. The molecule has 0 spiro atoms. The first-order valence-electron chi connectivity index (χ1n) is 11.3. The van der Waals surface area contributed by atoms with E-state index in [0.29, 0.717) is 12.5 Å². The van der Waals surface area contributed by atoms with Crippen LogP contribution < -0.4 is 10.6 Å². The van der Waals surface area contributed by atoms with Crippen LogP contribution in [0.4, 0.5) is 0 Å². The van der Waals surface area contributed by atoms with Gasteiger partial charge in [-0.1, -0.05) is 43.2 Å². The lowest BCUT2D eigenvalue weighted by Gasteiger charge is -2.47. The fourth-order valence-electron chi connectivity index (χ4n) is 5.20. The lowest BCUT2D eigenvalue weighted by Crippen LogP contribution is -2.70. The Morgan fingerprint density at radius 3 is 2.59 bits per heavy atom. The molecule has 3 heterocycles. The molecule has 1 aromatic rings. The molecule has 0 aromatic heterocycles. The maximum Gasteiger partial charge on any atom is 0.225 e. The van der Waals surface area contributed by atoms with Crippen LogP contribution in [0.1, 0.15) is 51.5 Å². The lowest BCUT2D eigenvalue weighted by atomic mass is 10.0. The van der Waals surface area contributed by atoms with Crippen LogP contribution in [0.15, 0.2) is 30.3 Å². The van der Waals surface area contributed by atoms with Gasteiger partial charge < -0.3 is 10.1 Å². The molecule has 1 aromatic carbocycles. The average Bonchev–Trinajstić information content (AvgIpc) is 2.93. The lowest BCUT2D eigenvalue weighted by molar-refractivity contribution is -0.136. The molecule has 0 saturated carbocycles. The van der Waals surface area contributed by atoms with Crippen LogP contribution in [-0.4, -0.2) is 66.0 Å². The van der Waals surface area contributed by atoms with Gasteiger partial charge in [0.2, 0.25) is 5.91 Å². The van der Waals surface area contributed by atoms with Crippen molar-refractivity contribution in [3.63, 3.8) is 0 Å². The molecule has 0 bridgehead atoms. The predicted molar refractivity (Wildman–Crippen MR) is 114 cm³/mol. The summed E-state index contributed by atoms with van der Waals surface area (Å²) in [6.45, 7) is 7.00. The molecule has 6 heteroatoms. The molecule has 29 heavy (non-hydrogen) atoms. The molecule has 3 fully saturated rings. The van der Waals surface area contributed by atoms with Gasteiger partial charge in [-0.05, 0) is 38.7 Å². The highest BCUT2D eigenvalue weighted by molar-refractivity contribution is 5.77. The topological polar surface area (TPSA) is 56.8 Å². The molecular weight excluding hydrogens is 364 g/mol. The standard InChI is InChI=1S/C23H36N4O2/c1-17-15-26(16-18(2)29-17)21-14-22(28)25-23(24-21)27-12-8-4-7-11-20(27)13-19-9-5-3-6-10-19/h3,5-6,9-10,17-18,20-21,23-24H,4,7-8,11-16H2,1-2H3,(H,25,28)/t17-,18-,20-,21?,23?/m1/s1. The molecule has 160 valence electrons. The second-order valence-electron chi connectivity index (χ2n) is 9.00. The highest BCUT2D eigenvalue weighted by Gasteiger charge is 2.38. The Balaban J connectivity index is 1.48. The van der Waals surface area contributed by atoms with E-state index in [1.165, 1.54) is 31.2 Å². The number of hydrogen-bond acceptors (Lipinski definition) is 5. The fraction of sp³-hybridized carbons (Fsp3) is 0.696. The Bertz CT molecular complexity index is 660. The van der Waals surface area contributed by atoms with E-state index in [9.17, 15) is 4.79 Å². The van der Waals surface area contributed by atoms with Gasteiger partial charge >= 0.3 is 0 Å². The third-order valence-corrected chi connectivity index (χ3v) is 6.48. The van der Waals surface area contributed by atoms with E-state index in [-0.39, 0.29) is 30.6 Å². The zero-order valence-electron chi connectivity index (χ0n) is 17.8. The summed E-state index contributed by atoms with van der Waals surface area (Å²) < 4.78 is 5.90. The number of amides is 1. The monoisotopic (exact) mass is 400 g/mol. The number of nitrogens with zero attached hydrogens (tertiary/aromatic N) is 2. The van der Waals surface area contributed by atoms with E-state index < -0.39 is 0 Å². The first-order valence-corrected chi connectivity index (χ1v) is 11.3. The number of rotatable bonds is 4. The molecule has 1 amide bonds. The number of nitrogens with one attached hydrogen (secondary N) is 2. The first kappa shape index (κ1) is 20.8.